The topological polar surface area (TPSA) is 43.7 Å². The predicted molar refractivity (Wildman–Crippen MR) is 61.4 cm³/mol. The molecule has 1 radical (unpaired) electrons. The van der Waals surface area contributed by atoms with E-state index in [2.05, 4.69) is 24.8 Å². The summed E-state index contributed by atoms with van der Waals surface area (Å²) in [4.78, 5) is 2.15. The highest BCUT2D eigenvalue weighted by Gasteiger charge is 2.07. The van der Waals surface area contributed by atoms with Crippen LogP contribution in [0.25, 0.3) is 0 Å². The van der Waals surface area contributed by atoms with Crippen molar-refractivity contribution in [2.45, 2.75) is 26.7 Å². The van der Waals surface area contributed by atoms with Crippen molar-refractivity contribution in [2.75, 3.05) is 18.0 Å². The van der Waals surface area contributed by atoms with Gasteiger partial charge in [0, 0.05) is 30.9 Å². The third kappa shape index (κ3) is 3.35. The molecule has 0 unspecified atom stereocenters. The molecule has 0 fully saturated rings. The number of anilines is 1. The van der Waals surface area contributed by atoms with Crippen molar-refractivity contribution >= 4 is 5.69 Å². The van der Waals surface area contributed by atoms with E-state index in [1.807, 2.05) is 0 Å². The highest BCUT2D eigenvalue weighted by atomic mass is 16.3. The van der Waals surface area contributed by atoms with Crippen LogP contribution in [-0.2, 0) is 0 Å². The minimum Gasteiger partial charge on any atom is -0.507 e. The fraction of sp³-hybridized carbons (Fsp3) is 0.500. The number of aromatic hydroxyl groups is 2. The Labute approximate surface area is 91.0 Å². The van der Waals surface area contributed by atoms with Crippen molar-refractivity contribution in [3.8, 4) is 11.5 Å². The molecule has 0 aliphatic carbocycles. The maximum absolute atomic E-state index is 9.34. The Hall–Kier alpha value is -1.38. The average Bonchev–Trinajstić information content (AvgIpc) is 2.16. The van der Waals surface area contributed by atoms with Crippen molar-refractivity contribution < 1.29 is 10.2 Å². The summed E-state index contributed by atoms with van der Waals surface area (Å²) in [6, 6.07) is 5.69. The van der Waals surface area contributed by atoms with E-state index in [0.29, 0.717) is 0 Å². The zero-order valence-electron chi connectivity index (χ0n) is 9.32. The second kappa shape index (κ2) is 5.49. The Bertz CT molecular complexity index is 286. The molecular weight excluding hydrogens is 190 g/mol. The first-order valence-corrected chi connectivity index (χ1v) is 5.37. The van der Waals surface area contributed by atoms with E-state index >= 15 is 0 Å². The minimum atomic E-state index is -0.0118. The largest absolute Gasteiger partial charge is 0.507 e. The minimum absolute atomic E-state index is 0.0118. The Balaban J connectivity index is 2.88. The van der Waals surface area contributed by atoms with Gasteiger partial charge in [-0.05, 0) is 12.8 Å². The van der Waals surface area contributed by atoms with Crippen molar-refractivity contribution in [3.63, 3.8) is 0 Å². The number of hydrogen-bond donors (Lipinski definition) is 2. The molecule has 83 valence electrons. The normalized spacial score (nSPS) is 10.3. The summed E-state index contributed by atoms with van der Waals surface area (Å²) in [6.07, 6.45) is 2.08. The predicted octanol–water partition coefficient (Wildman–Crippen LogP) is 2.52. The Kier molecular flexibility index (Phi) is 4.28. The summed E-state index contributed by atoms with van der Waals surface area (Å²) in [5.41, 5.74) is 0.854. The molecule has 0 aliphatic rings. The van der Waals surface area contributed by atoms with Gasteiger partial charge in [-0.25, -0.2) is 0 Å². The number of phenols is 2. The summed E-state index contributed by atoms with van der Waals surface area (Å²) < 4.78 is 0. The van der Waals surface area contributed by atoms with Gasteiger partial charge in [-0.15, -0.1) is 0 Å². The van der Waals surface area contributed by atoms with Crippen LogP contribution in [0.5, 0.6) is 11.5 Å². The number of nitrogens with zero attached hydrogens (tertiary/aromatic N) is 1. The molecule has 15 heavy (non-hydrogen) atoms. The molecule has 1 rings (SSSR count). The molecule has 0 bridgehead atoms. The molecule has 0 saturated heterocycles. The van der Waals surface area contributed by atoms with E-state index in [9.17, 15) is 10.2 Å². The van der Waals surface area contributed by atoms with Crippen LogP contribution < -0.4 is 4.90 Å². The average molecular weight is 208 g/mol. The SMILES string of the molecule is CCCN(CCC)c1cc(O)[c]c(O)c1. The molecule has 0 aromatic heterocycles. The van der Waals surface area contributed by atoms with E-state index in [1.54, 1.807) is 12.1 Å². The lowest BCUT2D eigenvalue weighted by Gasteiger charge is -2.23. The third-order valence-corrected chi connectivity index (χ3v) is 2.18. The Morgan fingerprint density at radius 1 is 1.07 bits per heavy atom. The van der Waals surface area contributed by atoms with Crippen LogP contribution in [0.4, 0.5) is 5.69 Å². The van der Waals surface area contributed by atoms with Crippen LogP contribution in [-0.4, -0.2) is 23.3 Å². The number of phenolic OH excluding ortho intramolecular Hbond substituents is 2. The second-order valence-electron chi connectivity index (χ2n) is 3.60. The van der Waals surface area contributed by atoms with Gasteiger partial charge in [0.2, 0.25) is 0 Å². The van der Waals surface area contributed by atoms with E-state index < -0.39 is 0 Å². The van der Waals surface area contributed by atoms with Gasteiger partial charge in [0.1, 0.15) is 11.5 Å². The standard InChI is InChI=1S/C12H18NO2/c1-3-5-13(6-4-2)10-7-11(14)9-12(15)8-10/h7-8,14-15H,3-6H2,1-2H3. The van der Waals surface area contributed by atoms with Gasteiger partial charge in [0.25, 0.3) is 0 Å². The Morgan fingerprint density at radius 3 is 1.93 bits per heavy atom. The van der Waals surface area contributed by atoms with Gasteiger partial charge in [0.15, 0.2) is 0 Å². The maximum atomic E-state index is 9.34. The highest BCUT2D eigenvalue weighted by molar-refractivity contribution is 5.54. The van der Waals surface area contributed by atoms with Crippen LogP contribution in [0.1, 0.15) is 26.7 Å². The quantitative estimate of drug-likeness (QED) is 0.781. The number of rotatable bonds is 5. The summed E-state index contributed by atoms with van der Waals surface area (Å²) >= 11 is 0. The molecule has 0 spiro atoms. The molecule has 0 aliphatic heterocycles. The van der Waals surface area contributed by atoms with Crippen molar-refractivity contribution in [1.29, 1.82) is 0 Å². The lowest BCUT2D eigenvalue weighted by molar-refractivity contribution is 0.448. The van der Waals surface area contributed by atoms with E-state index in [1.165, 1.54) is 0 Å². The summed E-state index contributed by atoms with van der Waals surface area (Å²) in [5, 5.41) is 18.7. The van der Waals surface area contributed by atoms with Crippen LogP contribution in [0, 0.1) is 6.07 Å². The number of hydrogen-bond acceptors (Lipinski definition) is 3. The Morgan fingerprint density at radius 2 is 1.53 bits per heavy atom. The molecule has 3 heteroatoms. The molecule has 0 amide bonds. The van der Waals surface area contributed by atoms with E-state index in [4.69, 9.17) is 0 Å². The fourth-order valence-corrected chi connectivity index (χ4v) is 1.62. The molecule has 0 atom stereocenters. The van der Waals surface area contributed by atoms with Crippen LogP contribution in [0.3, 0.4) is 0 Å². The van der Waals surface area contributed by atoms with Crippen molar-refractivity contribution in [3.05, 3.63) is 18.2 Å². The molecule has 1 aromatic carbocycles. The first kappa shape index (κ1) is 11.7. The summed E-state index contributed by atoms with van der Waals surface area (Å²) in [6.45, 7) is 6.07. The van der Waals surface area contributed by atoms with Gasteiger partial charge >= 0.3 is 0 Å². The molecule has 3 nitrogen and oxygen atoms in total. The molecule has 2 N–H and O–H groups in total. The summed E-state index contributed by atoms with van der Waals surface area (Å²) in [7, 11) is 0. The third-order valence-electron chi connectivity index (χ3n) is 2.18. The fourth-order valence-electron chi connectivity index (χ4n) is 1.62. The zero-order valence-corrected chi connectivity index (χ0v) is 9.32. The zero-order chi connectivity index (χ0) is 11.3. The second-order valence-corrected chi connectivity index (χ2v) is 3.60. The molecular formula is C12H18NO2. The first-order chi connectivity index (χ1) is 7.17. The molecule has 1 aromatic rings. The summed E-state index contributed by atoms with van der Waals surface area (Å²) in [5.74, 6) is -0.0237. The van der Waals surface area contributed by atoms with Crippen molar-refractivity contribution in [1.82, 2.24) is 0 Å². The van der Waals surface area contributed by atoms with Crippen molar-refractivity contribution in [2.24, 2.45) is 0 Å². The van der Waals surface area contributed by atoms with Gasteiger partial charge in [-0.2, -0.15) is 0 Å². The van der Waals surface area contributed by atoms with Gasteiger partial charge in [-0.1, -0.05) is 13.8 Å². The lowest BCUT2D eigenvalue weighted by Crippen LogP contribution is -2.24. The van der Waals surface area contributed by atoms with Gasteiger partial charge in [-0.3, -0.25) is 0 Å². The van der Waals surface area contributed by atoms with E-state index in [0.717, 1.165) is 31.6 Å². The van der Waals surface area contributed by atoms with Crippen LogP contribution in [0.2, 0.25) is 0 Å². The number of benzene rings is 1. The highest BCUT2D eigenvalue weighted by Crippen LogP contribution is 2.26. The monoisotopic (exact) mass is 208 g/mol. The lowest BCUT2D eigenvalue weighted by atomic mass is 10.2. The molecule has 0 saturated carbocycles. The van der Waals surface area contributed by atoms with Gasteiger partial charge < -0.3 is 15.1 Å². The maximum Gasteiger partial charge on any atom is 0.129 e. The van der Waals surface area contributed by atoms with E-state index in [-0.39, 0.29) is 11.5 Å². The van der Waals surface area contributed by atoms with Crippen LogP contribution in [0.15, 0.2) is 12.1 Å². The molecule has 0 heterocycles. The first-order valence-electron chi connectivity index (χ1n) is 5.37. The van der Waals surface area contributed by atoms with Crippen LogP contribution >= 0.6 is 0 Å². The smallest absolute Gasteiger partial charge is 0.129 e. The van der Waals surface area contributed by atoms with Gasteiger partial charge in [0.05, 0.1) is 6.07 Å².